The molecule has 0 unspecified atom stereocenters. The van der Waals surface area contributed by atoms with Crippen molar-refractivity contribution in [2.24, 2.45) is 0 Å². The number of nitrogens with zero attached hydrogens (tertiary/aromatic N) is 1. The lowest BCUT2D eigenvalue weighted by atomic mass is 10.2. The second-order valence-corrected chi connectivity index (χ2v) is 3.70. The van der Waals surface area contributed by atoms with Crippen LogP contribution in [0.5, 0.6) is 0 Å². The summed E-state index contributed by atoms with van der Waals surface area (Å²) in [5, 5.41) is 7.09. The summed E-state index contributed by atoms with van der Waals surface area (Å²) in [7, 11) is 0. The standard InChI is InChI=1S/C10H8N2S/c11-6-9-3-4-10(13-9)8-2-1-5-12-7-8/h1-7,11H. The minimum atomic E-state index is 0.971. The molecule has 0 bridgehead atoms. The van der Waals surface area contributed by atoms with E-state index in [2.05, 4.69) is 4.98 Å². The molecule has 0 radical (unpaired) electrons. The molecule has 2 rings (SSSR count). The first-order valence-corrected chi connectivity index (χ1v) is 4.72. The summed E-state index contributed by atoms with van der Waals surface area (Å²) in [6.07, 6.45) is 4.96. The molecular weight excluding hydrogens is 180 g/mol. The van der Waals surface area contributed by atoms with Gasteiger partial charge in [0.15, 0.2) is 0 Å². The molecule has 1 N–H and O–H groups in total. The number of hydrogen-bond acceptors (Lipinski definition) is 3. The van der Waals surface area contributed by atoms with Gasteiger partial charge in [-0.25, -0.2) is 0 Å². The van der Waals surface area contributed by atoms with Crippen LogP contribution in [-0.2, 0) is 0 Å². The fourth-order valence-corrected chi connectivity index (χ4v) is 1.92. The Bertz CT molecular complexity index is 406. The molecule has 0 aliphatic rings. The number of hydrogen-bond donors (Lipinski definition) is 1. The number of pyridine rings is 1. The quantitative estimate of drug-likeness (QED) is 0.723. The van der Waals surface area contributed by atoms with Gasteiger partial charge < -0.3 is 5.41 Å². The van der Waals surface area contributed by atoms with Gasteiger partial charge in [-0.05, 0) is 18.2 Å². The van der Waals surface area contributed by atoms with E-state index < -0.39 is 0 Å². The van der Waals surface area contributed by atoms with Crippen LogP contribution in [0.15, 0.2) is 36.7 Å². The predicted octanol–water partition coefficient (Wildman–Crippen LogP) is 2.81. The molecular formula is C10H8N2S. The van der Waals surface area contributed by atoms with Gasteiger partial charge in [0.05, 0.1) is 0 Å². The average Bonchev–Trinajstić information content (AvgIpc) is 2.67. The maximum absolute atomic E-state index is 7.09. The van der Waals surface area contributed by atoms with Crippen molar-refractivity contribution in [3.05, 3.63) is 41.5 Å². The van der Waals surface area contributed by atoms with Crippen LogP contribution in [0.3, 0.4) is 0 Å². The molecule has 2 heterocycles. The molecule has 13 heavy (non-hydrogen) atoms. The Morgan fingerprint density at radius 2 is 2.23 bits per heavy atom. The molecule has 0 saturated carbocycles. The van der Waals surface area contributed by atoms with Gasteiger partial charge in [-0.15, -0.1) is 11.3 Å². The number of nitrogens with one attached hydrogen (secondary N) is 1. The van der Waals surface area contributed by atoms with Crippen LogP contribution >= 0.6 is 11.3 Å². The van der Waals surface area contributed by atoms with Crippen LogP contribution in [0.25, 0.3) is 10.4 Å². The molecule has 64 valence electrons. The Hall–Kier alpha value is -1.48. The van der Waals surface area contributed by atoms with Crippen LogP contribution in [0.4, 0.5) is 0 Å². The van der Waals surface area contributed by atoms with E-state index in [1.165, 1.54) is 6.21 Å². The third-order valence-corrected chi connectivity index (χ3v) is 2.80. The van der Waals surface area contributed by atoms with Crippen LogP contribution < -0.4 is 0 Å². The molecule has 0 aliphatic carbocycles. The topological polar surface area (TPSA) is 36.7 Å². The van der Waals surface area contributed by atoms with Gasteiger partial charge in [-0.2, -0.15) is 0 Å². The predicted molar refractivity (Wildman–Crippen MR) is 55.4 cm³/mol. The average molecular weight is 188 g/mol. The van der Waals surface area contributed by atoms with Crippen molar-refractivity contribution in [3.8, 4) is 10.4 Å². The highest BCUT2D eigenvalue weighted by molar-refractivity contribution is 7.17. The normalized spacial score (nSPS) is 9.85. The van der Waals surface area contributed by atoms with Crippen molar-refractivity contribution in [2.75, 3.05) is 0 Å². The summed E-state index contributed by atoms with van der Waals surface area (Å²) in [6.45, 7) is 0. The zero-order chi connectivity index (χ0) is 9.10. The van der Waals surface area contributed by atoms with Gasteiger partial charge in [0.1, 0.15) is 0 Å². The van der Waals surface area contributed by atoms with Crippen molar-refractivity contribution < 1.29 is 0 Å². The van der Waals surface area contributed by atoms with E-state index >= 15 is 0 Å². The van der Waals surface area contributed by atoms with Crippen molar-refractivity contribution in [1.29, 1.82) is 5.41 Å². The smallest absolute Gasteiger partial charge is 0.0452 e. The van der Waals surface area contributed by atoms with E-state index in [0.29, 0.717) is 0 Å². The third kappa shape index (κ3) is 1.65. The second-order valence-electron chi connectivity index (χ2n) is 2.59. The lowest BCUT2D eigenvalue weighted by Crippen LogP contribution is -1.72. The van der Waals surface area contributed by atoms with Gasteiger partial charge in [0.25, 0.3) is 0 Å². The zero-order valence-corrected chi connectivity index (χ0v) is 7.71. The molecule has 0 spiro atoms. The lowest BCUT2D eigenvalue weighted by molar-refractivity contribution is 1.33. The van der Waals surface area contributed by atoms with E-state index in [-0.39, 0.29) is 0 Å². The fourth-order valence-electron chi connectivity index (χ4n) is 1.09. The van der Waals surface area contributed by atoms with Crippen molar-refractivity contribution >= 4 is 17.6 Å². The van der Waals surface area contributed by atoms with E-state index in [1.807, 2.05) is 30.5 Å². The summed E-state index contributed by atoms with van der Waals surface area (Å²) >= 11 is 1.60. The molecule has 0 amide bonds. The molecule has 2 aromatic rings. The Labute approximate surface area is 80.4 Å². The van der Waals surface area contributed by atoms with Crippen molar-refractivity contribution in [3.63, 3.8) is 0 Å². The van der Waals surface area contributed by atoms with Crippen LogP contribution in [-0.4, -0.2) is 11.2 Å². The van der Waals surface area contributed by atoms with Gasteiger partial charge >= 0.3 is 0 Å². The number of aromatic nitrogens is 1. The molecule has 2 nitrogen and oxygen atoms in total. The summed E-state index contributed by atoms with van der Waals surface area (Å²) in [6, 6.07) is 7.90. The highest BCUT2D eigenvalue weighted by Gasteiger charge is 1.99. The molecule has 0 atom stereocenters. The minimum Gasteiger partial charge on any atom is -0.307 e. The SMILES string of the molecule is N=Cc1ccc(-c2cccnc2)s1. The van der Waals surface area contributed by atoms with Crippen LogP contribution in [0.2, 0.25) is 0 Å². The highest BCUT2D eigenvalue weighted by Crippen LogP contribution is 2.25. The largest absolute Gasteiger partial charge is 0.307 e. The van der Waals surface area contributed by atoms with Crippen LogP contribution in [0.1, 0.15) is 4.88 Å². The number of rotatable bonds is 2. The fraction of sp³-hybridized carbons (Fsp3) is 0. The Morgan fingerprint density at radius 1 is 1.31 bits per heavy atom. The maximum atomic E-state index is 7.09. The summed E-state index contributed by atoms with van der Waals surface area (Å²) in [5.41, 5.74) is 1.11. The molecule has 3 heteroatoms. The highest BCUT2D eigenvalue weighted by atomic mass is 32.1. The van der Waals surface area contributed by atoms with E-state index in [1.54, 1.807) is 17.5 Å². The van der Waals surface area contributed by atoms with E-state index in [9.17, 15) is 0 Å². The van der Waals surface area contributed by atoms with Crippen LogP contribution in [0, 0.1) is 5.41 Å². The Balaban J connectivity index is 2.41. The minimum absolute atomic E-state index is 0.971. The van der Waals surface area contributed by atoms with Crippen molar-refractivity contribution in [2.45, 2.75) is 0 Å². The van der Waals surface area contributed by atoms with Gasteiger partial charge in [-0.1, -0.05) is 6.07 Å². The second kappa shape index (κ2) is 3.49. The Morgan fingerprint density at radius 3 is 2.85 bits per heavy atom. The maximum Gasteiger partial charge on any atom is 0.0452 e. The first-order valence-electron chi connectivity index (χ1n) is 3.91. The lowest BCUT2D eigenvalue weighted by Gasteiger charge is -1.93. The Kier molecular flexibility index (Phi) is 2.19. The molecule has 0 fully saturated rings. The number of thiophene rings is 1. The first kappa shape index (κ1) is 8.13. The molecule has 0 aromatic carbocycles. The van der Waals surface area contributed by atoms with E-state index in [4.69, 9.17) is 5.41 Å². The molecule has 0 aliphatic heterocycles. The summed E-state index contributed by atoms with van der Waals surface area (Å²) in [5.74, 6) is 0. The van der Waals surface area contributed by atoms with Crippen molar-refractivity contribution in [1.82, 2.24) is 4.98 Å². The van der Waals surface area contributed by atoms with Gasteiger partial charge in [-0.3, -0.25) is 4.98 Å². The monoisotopic (exact) mass is 188 g/mol. The molecule has 2 aromatic heterocycles. The van der Waals surface area contributed by atoms with Gasteiger partial charge in [0, 0.05) is 33.9 Å². The van der Waals surface area contributed by atoms with E-state index in [0.717, 1.165) is 15.3 Å². The first-order chi connectivity index (χ1) is 6.40. The zero-order valence-electron chi connectivity index (χ0n) is 6.90. The summed E-state index contributed by atoms with van der Waals surface area (Å²) in [4.78, 5) is 6.18. The molecule has 0 saturated heterocycles. The summed E-state index contributed by atoms with van der Waals surface area (Å²) < 4.78 is 0. The van der Waals surface area contributed by atoms with Gasteiger partial charge in [0.2, 0.25) is 0 Å². The third-order valence-electron chi connectivity index (χ3n) is 1.72.